The fraction of sp³-hybridized carbons (Fsp3) is 0.778. The average Bonchev–Trinajstić information content (AvgIpc) is 1.91. The Morgan fingerprint density at radius 3 is 1.50 bits per heavy atom. The molecule has 0 bridgehead atoms. The third-order valence-electron chi connectivity index (χ3n) is 0.986. The summed E-state index contributed by atoms with van der Waals surface area (Å²) in [6, 6.07) is 0. The number of allylic oxidation sites excluding steroid dienone is 2. The van der Waals surface area contributed by atoms with Crippen molar-refractivity contribution in [2.24, 2.45) is 0 Å². The Labute approximate surface area is 65.1 Å². The molecule has 0 saturated heterocycles. The van der Waals surface area contributed by atoms with Crippen LogP contribution >= 0.6 is 0 Å². The van der Waals surface area contributed by atoms with Crippen LogP contribution in [-0.2, 0) is 4.74 Å². The topological polar surface area (TPSA) is 9.23 Å². The van der Waals surface area contributed by atoms with E-state index >= 15 is 0 Å². The van der Waals surface area contributed by atoms with Crippen molar-refractivity contribution in [2.75, 3.05) is 13.2 Å². The monoisotopic (exact) mass is 144 g/mol. The molecule has 0 aromatic carbocycles. The molecule has 0 heterocycles. The summed E-state index contributed by atoms with van der Waals surface area (Å²) in [4.78, 5) is 0. The summed E-state index contributed by atoms with van der Waals surface area (Å²) >= 11 is 0. The molecule has 0 aromatic heterocycles. The molecule has 10 heavy (non-hydrogen) atoms. The maximum atomic E-state index is 4.83. The fourth-order valence-electron chi connectivity index (χ4n) is 0.204. The summed E-state index contributed by atoms with van der Waals surface area (Å²) in [6.07, 6.45) is 2.08. The first-order chi connectivity index (χ1) is 4.68. The van der Waals surface area contributed by atoms with Gasteiger partial charge in [-0.2, -0.15) is 0 Å². The summed E-state index contributed by atoms with van der Waals surface area (Å²) in [5, 5.41) is 0. The highest BCUT2D eigenvalue weighted by atomic mass is 16.5. The van der Waals surface area contributed by atoms with E-state index in [1.165, 1.54) is 5.57 Å². The minimum atomic E-state index is 0.844. The number of ether oxygens (including phenoxy) is 1. The fourth-order valence-corrected chi connectivity index (χ4v) is 0.204. The third kappa shape index (κ3) is 25.2. The van der Waals surface area contributed by atoms with Gasteiger partial charge in [0.1, 0.15) is 0 Å². The molecule has 0 fully saturated rings. The van der Waals surface area contributed by atoms with Gasteiger partial charge in [0.15, 0.2) is 0 Å². The second-order valence-electron chi connectivity index (χ2n) is 2.15. The van der Waals surface area contributed by atoms with Crippen molar-refractivity contribution >= 4 is 0 Å². The van der Waals surface area contributed by atoms with Crippen LogP contribution in [0.25, 0.3) is 0 Å². The van der Waals surface area contributed by atoms with Gasteiger partial charge < -0.3 is 4.74 Å². The summed E-state index contributed by atoms with van der Waals surface area (Å²) < 4.78 is 4.83. The van der Waals surface area contributed by atoms with Crippen LogP contribution in [-0.4, -0.2) is 13.2 Å². The molecule has 62 valence electrons. The molecule has 1 nitrogen and oxygen atoms in total. The highest BCUT2D eigenvalue weighted by molar-refractivity contribution is 4.88. The van der Waals surface area contributed by atoms with Crippen molar-refractivity contribution < 1.29 is 4.74 Å². The van der Waals surface area contributed by atoms with Crippen molar-refractivity contribution in [3.63, 3.8) is 0 Å². The van der Waals surface area contributed by atoms with Crippen molar-refractivity contribution in [1.82, 2.24) is 0 Å². The molecule has 0 aliphatic heterocycles. The van der Waals surface area contributed by atoms with E-state index in [0.717, 1.165) is 13.2 Å². The Morgan fingerprint density at radius 2 is 1.50 bits per heavy atom. The van der Waals surface area contributed by atoms with E-state index < -0.39 is 0 Å². The second-order valence-corrected chi connectivity index (χ2v) is 2.15. The van der Waals surface area contributed by atoms with Crippen LogP contribution in [0.1, 0.15) is 34.6 Å². The summed E-state index contributed by atoms with van der Waals surface area (Å²) in [5.74, 6) is 0. The van der Waals surface area contributed by atoms with Gasteiger partial charge in [0, 0.05) is 13.2 Å². The first-order valence-corrected chi connectivity index (χ1v) is 3.86. The lowest BCUT2D eigenvalue weighted by molar-refractivity contribution is 0.162. The Morgan fingerprint density at radius 1 is 1.20 bits per heavy atom. The Kier molecular flexibility index (Phi) is 14.2. The lowest BCUT2D eigenvalue weighted by atomic mass is 10.3. The van der Waals surface area contributed by atoms with Crippen LogP contribution in [0.3, 0.4) is 0 Å². The van der Waals surface area contributed by atoms with Gasteiger partial charge in [-0.25, -0.2) is 0 Å². The predicted molar refractivity (Wildman–Crippen MR) is 47.3 cm³/mol. The molecule has 0 saturated carbocycles. The van der Waals surface area contributed by atoms with Gasteiger partial charge in [-0.15, -0.1) is 0 Å². The Bertz CT molecular complexity index is 68.8. The van der Waals surface area contributed by atoms with Gasteiger partial charge in [-0.1, -0.05) is 11.6 Å². The zero-order valence-corrected chi connectivity index (χ0v) is 7.90. The molecule has 0 aliphatic rings. The van der Waals surface area contributed by atoms with Gasteiger partial charge in [0.05, 0.1) is 0 Å². The standard InChI is InChI=1S/C5H10.C4H10O/c1-4-5(2)3;1-3-5-4-2/h4H,1-3H3;3-4H2,1-2H3. The lowest BCUT2D eigenvalue weighted by Gasteiger charge is -1.86. The van der Waals surface area contributed by atoms with Gasteiger partial charge in [0.25, 0.3) is 0 Å². The summed E-state index contributed by atoms with van der Waals surface area (Å²) in [5.41, 5.74) is 1.38. The zero-order chi connectivity index (χ0) is 8.41. The average molecular weight is 144 g/mol. The number of hydrogen-bond acceptors (Lipinski definition) is 1. The maximum Gasteiger partial charge on any atom is 0.0437 e. The molecule has 0 spiro atoms. The van der Waals surface area contributed by atoms with Crippen molar-refractivity contribution in [3.8, 4) is 0 Å². The van der Waals surface area contributed by atoms with E-state index in [1.54, 1.807) is 0 Å². The smallest absolute Gasteiger partial charge is 0.0437 e. The lowest BCUT2D eigenvalue weighted by Crippen LogP contribution is -1.84. The van der Waals surface area contributed by atoms with Crippen LogP contribution in [0, 0.1) is 0 Å². The van der Waals surface area contributed by atoms with E-state index in [0.29, 0.717) is 0 Å². The maximum absolute atomic E-state index is 4.83. The van der Waals surface area contributed by atoms with Gasteiger partial charge in [0.2, 0.25) is 0 Å². The Balaban J connectivity index is 0. The van der Waals surface area contributed by atoms with Crippen molar-refractivity contribution in [1.29, 1.82) is 0 Å². The predicted octanol–water partition coefficient (Wildman–Crippen LogP) is 3.02. The normalized spacial score (nSPS) is 7.70. The zero-order valence-electron chi connectivity index (χ0n) is 7.90. The molecular weight excluding hydrogens is 124 g/mol. The molecular formula is C9H20O. The number of rotatable bonds is 2. The SMILES string of the molecule is CC=C(C)C.CCOCC. The van der Waals surface area contributed by atoms with Crippen LogP contribution in [0.15, 0.2) is 11.6 Å². The molecule has 0 N–H and O–H groups in total. The van der Waals surface area contributed by atoms with Gasteiger partial charge >= 0.3 is 0 Å². The molecule has 1 heteroatoms. The van der Waals surface area contributed by atoms with E-state index in [1.807, 2.05) is 20.8 Å². The van der Waals surface area contributed by atoms with Crippen LogP contribution < -0.4 is 0 Å². The summed E-state index contributed by atoms with van der Waals surface area (Å²) in [7, 11) is 0. The van der Waals surface area contributed by atoms with Crippen LogP contribution in [0.5, 0.6) is 0 Å². The molecule has 0 aromatic rings. The van der Waals surface area contributed by atoms with E-state index in [9.17, 15) is 0 Å². The molecule has 0 unspecified atom stereocenters. The molecule has 0 rings (SSSR count). The molecule has 0 atom stereocenters. The largest absolute Gasteiger partial charge is 0.382 e. The minimum absolute atomic E-state index is 0.844. The number of hydrogen-bond donors (Lipinski definition) is 0. The molecule has 0 aliphatic carbocycles. The van der Waals surface area contributed by atoms with E-state index in [-0.39, 0.29) is 0 Å². The highest BCUT2D eigenvalue weighted by Gasteiger charge is 1.64. The van der Waals surface area contributed by atoms with Gasteiger partial charge in [-0.05, 0) is 34.6 Å². The van der Waals surface area contributed by atoms with Crippen LogP contribution in [0.2, 0.25) is 0 Å². The minimum Gasteiger partial charge on any atom is -0.382 e. The first kappa shape index (κ1) is 12.4. The second kappa shape index (κ2) is 11.5. The van der Waals surface area contributed by atoms with Crippen molar-refractivity contribution in [2.45, 2.75) is 34.6 Å². The molecule has 0 radical (unpaired) electrons. The molecule has 0 amide bonds. The van der Waals surface area contributed by atoms with Crippen LogP contribution in [0.4, 0.5) is 0 Å². The highest BCUT2D eigenvalue weighted by Crippen LogP contribution is 1.82. The Hall–Kier alpha value is -0.300. The first-order valence-electron chi connectivity index (χ1n) is 3.86. The third-order valence-corrected chi connectivity index (χ3v) is 0.986. The quantitative estimate of drug-likeness (QED) is 0.541. The van der Waals surface area contributed by atoms with E-state index in [4.69, 9.17) is 4.74 Å². The van der Waals surface area contributed by atoms with E-state index in [2.05, 4.69) is 19.9 Å². The van der Waals surface area contributed by atoms with Gasteiger partial charge in [-0.3, -0.25) is 0 Å². The van der Waals surface area contributed by atoms with Crippen molar-refractivity contribution in [3.05, 3.63) is 11.6 Å². The summed E-state index contributed by atoms with van der Waals surface area (Å²) in [6.45, 7) is 11.9.